The van der Waals surface area contributed by atoms with Crippen molar-refractivity contribution >= 4 is 39.1 Å². The zero-order valence-electron chi connectivity index (χ0n) is 16.0. The number of amides is 1. The summed E-state index contributed by atoms with van der Waals surface area (Å²) in [4.78, 5) is 14.9. The van der Waals surface area contributed by atoms with E-state index >= 15 is 0 Å². The third-order valence-corrected chi connectivity index (χ3v) is 7.95. The molecule has 0 aromatic heterocycles. The van der Waals surface area contributed by atoms with Crippen LogP contribution in [0.25, 0.3) is 0 Å². The van der Waals surface area contributed by atoms with Crippen molar-refractivity contribution in [3.05, 3.63) is 33.8 Å². The number of piperidine rings is 2. The van der Waals surface area contributed by atoms with E-state index in [0.29, 0.717) is 35.0 Å². The van der Waals surface area contributed by atoms with E-state index in [0.717, 1.165) is 25.9 Å². The Morgan fingerprint density at radius 1 is 1.18 bits per heavy atom. The standard InChI is InChI=1S/C19H27Cl2N3O3S/c1-23-9-6-17(7-10-23)22-19(25)14-3-2-8-24(12-14)28(26,27)13-15-4-5-16(20)11-18(15)21/h4-5,11,14,17H,2-3,6-10,12-13H2,1H3,(H,22,25)/t14-/m1/s1. The number of halogens is 2. The first-order chi connectivity index (χ1) is 13.2. The molecule has 1 aromatic rings. The van der Waals surface area contributed by atoms with Gasteiger partial charge in [-0.25, -0.2) is 12.7 Å². The fourth-order valence-electron chi connectivity index (χ4n) is 3.81. The molecule has 0 unspecified atom stereocenters. The average Bonchev–Trinajstić information content (AvgIpc) is 2.66. The Hall–Kier alpha value is -0.860. The van der Waals surface area contributed by atoms with Gasteiger partial charge < -0.3 is 10.2 Å². The fraction of sp³-hybridized carbons (Fsp3) is 0.632. The molecule has 2 aliphatic rings. The summed E-state index contributed by atoms with van der Waals surface area (Å²) >= 11 is 12.0. The maximum absolute atomic E-state index is 12.9. The molecule has 2 saturated heterocycles. The van der Waals surface area contributed by atoms with Crippen LogP contribution in [0.3, 0.4) is 0 Å². The topological polar surface area (TPSA) is 69.7 Å². The van der Waals surface area contributed by atoms with Crippen molar-refractivity contribution in [2.24, 2.45) is 5.92 Å². The molecule has 0 spiro atoms. The number of benzene rings is 1. The van der Waals surface area contributed by atoms with Gasteiger partial charge in [0, 0.05) is 29.2 Å². The number of hydrogen-bond acceptors (Lipinski definition) is 4. The fourth-order valence-corrected chi connectivity index (χ4v) is 6.00. The molecule has 1 atom stereocenters. The summed E-state index contributed by atoms with van der Waals surface area (Å²) in [6.45, 7) is 2.60. The highest BCUT2D eigenvalue weighted by atomic mass is 35.5. The van der Waals surface area contributed by atoms with Gasteiger partial charge in [-0.3, -0.25) is 4.79 Å². The van der Waals surface area contributed by atoms with E-state index in [1.54, 1.807) is 18.2 Å². The zero-order valence-corrected chi connectivity index (χ0v) is 18.4. The lowest BCUT2D eigenvalue weighted by Crippen LogP contribution is -2.49. The van der Waals surface area contributed by atoms with E-state index in [1.807, 2.05) is 0 Å². The Balaban J connectivity index is 1.60. The zero-order chi connectivity index (χ0) is 20.3. The van der Waals surface area contributed by atoms with Crippen molar-refractivity contribution in [3.8, 4) is 0 Å². The Morgan fingerprint density at radius 3 is 2.57 bits per heavy atom. The van der Waals surface area contributed by atoms with Gasteiger partial charge in [-0.05, 0) is 63.5 Å². The van der Waals surface area contributed by atoms with E-state index < -0.39 is 10.0 Å². The first-order valence-electron chi connectivity index (χ1n) is 9.65. The lowest BCUT2D eigenvalue weighted by Gasteiger charge is -2.34. The Kier molecular flexibility index (Phi) is 7.26. The molecule has 0 radical (unpaired) electrons. The summed E-state index contributed by atoms with van der Waals surface area (Å²) in [7, 11) is -1.48. The van der Waals surface area contributed by atoms with Crippen LogP contribution in [0, 0.1) is 5.92 Å². The minimum Gasteiger partial charge on any atom is -0.353 e. The van der Waals surface area contributed by atoms with Crippen LogP contribution in [0.5, 0.6) is 0 Å². The minimum atomic E-state index is -3.56. The predicted octanol–water partition coefficient (Wildman–Crippen LogP) is 2.75. The van der Waals surface area contributed by atoms with Gasteiger partial charge >= 0.3 is 0 Å². The SMILES string of the molecule is CN1CCC(NC(=O)[C@@H]2CCCN(S(=O)(=O)Cc3ccc(Cl)cc3Cl)C2)CC1. The molecule has 2 fully saturated rings. The van der Waals surface area contributed by atoms with Gasteiger partial charge in [0.05, 0.1) is 11.7 Å². The number of nitrogens with one attached hydrogen (secondary N) is 1. The molecule has 0 aliphatic carbocycles. The van der Waals surface area contributed by atoms with Gasteiger partial charge in [0.2, 0.25) is 15.9 Å². The molecule has 1 aromatic carbocycles. The third-order valence-electron chi connectivity index (χ3n) is 5.57. The molecular weight excluding hydrogens is 421 g/mol. The lowest BCUT2D eigenvalue weighted by molar-refractivity contribution is -0.127. The smallest absolute Gasteiger partial charge is 0.224 e. The largest absolute Gasteiger partial charge is 0.353 e. The number of likely N-dealkylation sites (tertiary alicyclic amines) is 1. The Bertz CT molecular complexity index is 811. The monoisotopic (exact) mass is 447 g/mol. The number of carbonyl (C=O) groups excluding carboxylic acids is 1. The Labute approximate surface area is 177 Å². The Morgan fingerprint density at radius 2 is 1.89 bits per heavy atom. The minimum absolute atomic E-state index is 0.0287. The van der Waals surface area contributed by atoms with Crippen molar-refractivity contribution in [1.29, 1.82) is 0 Å². The molecule has 0 bridgehead atoms. The molecule has 28 heavy (non-hydrogen) atoms. The third kappa shape index (κ3) is 5.60. The highest BCUT2D eigenvalue weighted by molar-refractivity contribution is 7.88. The number of carbonyl (C=O) groups is 1. The van der Waals surface area contributed by atoms with Crippen molar-refractivity contribution < 1.29 is 13.2 Å². The van der Waals surface area contributed by atoms with Crippen LogP contribution in [-0.2, 0) is 20.6 Å². The highest BCUT2D eigenvalue weighted by Gasteiger charge is 2.33. The summed E-state index contributed by atoms with van der Waals surface area (Å²) in [6.07, 6.45) is 3.27. The predicted molar refractivity (Wildman–Crippen MR) is 112 cm³/mol. The summed E-state index contributed by atoms with van der Waals surface area (Å²) in [6, 6.07) is 4.99. The molecule has 2 heterocycles. The molecule has 9 heteroatoms. The lowest BCUT2D eigenvalue weighted by atomic mass is 9.97. The van der Waals surface area contributed by atoms with Crippen LogP contribution in [0.1, 0.15) is 31.2 Å². The summed E-state index contributed by atoms with van der Waals surface area (Å²) in [5.41, 5.74) is 0.518. The second-order valence-electron chi connectivity index (χ2n) is 7.78. The number of hydrogen-bond donors (Lipinski definition) is 1. The van der Waals surface area contributed by atoms with E-state index in [1.165, 1.54) is 4.31 Å². The van der Waals surface area contributed by atoms with Crippen LogP contribution in [0.2, 0.25) is 10.0 Å². The number of rotatable bonds is 5. The molecule has 156 valence electrons. The average molecular weight is 448 g/mol. The molecule has 1 amide bonds. The van der Waals surface area contributed by atoms with Gasteiger partial charge in [-0.15, -0.1) is 0 Å². The molecule has 2 aliphatic heterocycles. The van der Waals surface area contributed by atoms with E-state index in [4.69, 9.17) is 23.2 Å². The van der Waals surface area contributed by atoms with Crippen molar-refractivity contribution in [2.45, 2.75) is 37.5 Å². The van der Waals surface area contributed by atoms with E-state index in [-0.39, 0.29) is 30.2 Å². The molecule has 1 N–H and O–H groups in total. The van der Waals surface area contributed by atoms with Crippen LogP contribution in [0.15, 0.2) is 18.2 Å². The first-order valence-corrected chi connectivity index (χ1v) is 12.0. The maximum atomic E-state index is 12.9. The van der Waals surface area contributed by atoms with Crippen LogP contribution in [-0.4, -0.2) is 62.8 Å². The van der Waals surface area contributed by atoms with E-state index in [2.05, 4.69) is 17.3 Å². The second-order valence-corrected chi connectivity index (χ2v) is 10.6. The van der Waals surface area contributed by atoms with Gasteiger partial charge in [-0.2, -0.15) is 0 Å². The summed E-state index contributed by atoms with van der Waals surface area (Å²) in [5, 5.41) is 3.93. The van der Waals surface area contributed by atoms with Gasteiger partial charge in [0.25, 0.3) is 0 Å². The maximum Gasteiger partial charge on any atom is 0.224 e. The van der Waals surface area contributed by atoms with Crippen LogP contribution in [0.4, 0.5) is 0 Å². The van der Waals surface area contributed by atoms with Crippen molar-refractivity contribution in [2.75, 3.05) is 33.2 Å². The normalized spacial score (nSPS) is 22.9. The van der Waals surface area contributed by atoms with Gasteiger partial charge in [-0.1, -0.05) is 29.3 Å². The number of sulfonamides is 1. The van der Waals surface area contributed by atoms with E-state index in [9.17, 15) is 13.2 Å². The molecule has 3 rings (SSSR count). The summed E-state index contributed by atoms with van der Waals surface area (Å²) in [5.74, 6) is -0.519. The highest BCUT2D eigenvalue weighted by Crippen LogP contribution is 2.26. The first kappa shape index (κ1) is 21.8. The molecular formula is C19H27Cl2N3O3S. The van der Waals surface area contributed by atoms with Gasteiger partial charge in [0.15, 0.2) is 0 Å². The van der Waals surface area contributed by atoms with Crippen LogP contribution < -0.4 is 5.32 Å². The van der Waals surface area contributed by atoms with Crippen molar-refractivity contribution in [3.63, 3.8) is 0 Å². The molecule has 6 nitrogen and oxygen atoms in total. The second kappa shape index (κ2) is 9.30. The van der Waals surface area contributed by atoms with Gasteiger partial charge in [0.1, 0.15) is 0 Å². The number of nitrogens with zero attached hydrogens (tertiary/aromatic N) is 2. The quantitative estimate of drug-likeness (QED) is 0.752. The van der Waals surface area contributed by atoms with Crippen LogP contribution >= 0.6 is 23.2 Å². The van der Waals surface area contributed by atoms with Crippen molar-refractivity contribution in [1.82, 2.24) is 14.5 Å². The molecule has 0 saturated carbocycles. The summed E-state index contributed by atoms with van der Waals surface area (Å²) < 4.78 is 27.2.